The quantitative estimate of drug-likeness (QED) is 0.354. The van der Waals surface area contributed by atoms with Crippen LogP contribution in [-0.4, -0.2) is 68.9 Å². The van der Waals surface area contributed by atoms with Crippen LogP contribution in [0.4, 0.5) is 0 Å². The summed E-state index contributed by atoms with van der Waals surface area (Å²) in [7, 11) is 3.41. The lowest BCUT2D eigenvalue weighted by Gasteiger charge is -2.37. The molecule has 0 radical (unpaired) electrons. The van der Waals surface area contributed by atoms with Gasteiger partial charge >= 0.3 is 0 Å². The van der Waals surface area contributed by atoms with Gasteiger partial charge in [0.1, 0.15) is 0 Å². The molecule has 8 heteroatoms. The number of nitrogens with one attached hydrogen (secondary N) is 2. The van der Waals surface area contributed by atoms with Crippen LogP contribution in [0, 0.1) is 5.92 Å². The second-order valence-electron chi connectivity index (χ2n) is 6.44. The number of pyridine rings is 1. The van der Waals surface area contributed by atoms with Gasteiger partial charge < -0.3 is 20.1 Å². The zero-order chi connectivity index (χ0) is 18.1. The molecule has 0 aliphatic carbocycles. The zero-order valence-electron chi connectivity index (χ0n) is 16.2. The van der Waals surface area contributed by atoms with Crippen LogP contribution in [-0.2, 0) is 11.3 Å². The Morgan fingerprint density at radius 3 is 2.65 bits per heavy atom. The summed E-state index contributed by atoms with van der Waals surface area (Å²) in [5.41, 5.74) is 0.913. The molecule has 0 bridgehead atoms. The topological polar surface area (TPSA) is 71.0 Å². The van der Waals surface area contributed by atoms with Gasteiger partial charge in [0, 0.05) is 38.8 Å². The number of methoxy groups -OCH3 is 1. The van der Waals surface area contributed by atoms with Crippen LogP contribution in [0.1, 0.15) is 19.5 Å². The summed E-state index contributed by atoms with van der Waals surface area (Å²) in [4.78, 5) is 11.2. The fourth-order valence-corrected chi connectivity index (χ4v) is 2.96. The minimum absolute atomic E-state index is 0. The third-order valence-electron chi connectivity index (χ3n) is 4.41. The molecule has 2 N–H and O–H groups in total. The summed E-state index contributed by atoms with van der Waals surface area (Å²) in [6.45, 7) is 9.59. The molecule has 0 amide bonds. The van der Waals surface area contributed by atoms with Crippen molar-refractivity contribution in [2.24, 2.45) is 10.9 Å². The summed E-state index contributed by atoms with van der Waals surface area (Å²) in [6, 6.07) is 6.20. The third-order valence-corrected chi connectivity index (χ3v) is 4.41. The highest BCUT2D eigenvalue weighted by atomic mass is 127. The molecule has 2 rings (SSSR count). The van der Waals surface area contributed by atoms with Crippen molar-refractivity contribution in [1.82, 2.24) is 20.5 Å². The lowest BCUT2D eigenvalue weighted by atomic mass is 10.0. The Kier molecular flexibility index (Phi) is 10.8. The van der Waals surface area contributed by atoms with Crippen LogP contribution in [0.15, 0.2) is 23.2 Å². The van der Waals surface area contributed by atoms with Crippen LogP contribution in [0.25, 0.3) is 0 Å². The molecular weight excluding hydrogens is 445 g/mol. The molecule has 148 valence electrons. The van der Waals surface area contributed by atoms with Crippen LogP contribution in [0.3, 0.4) is 0 Å². The smallest absolute Gasteiger partial charge is 0.213 e. The zero-order valence-corrected chi connectivity index (χ0v) is 18.5. The molecule has 7 nitrogen and oxygen atoms in total. The molecule has 1 aliphatic heterocycles. The van der Waals surface area contributed by atoms with E-state index >= 15 is 0 Å². The van der Waals surface area contributed by atoms with E-state index in [2.05, 4.69) is 39.4 Å². The second-order valence-corrected chi connectivity index (χ2v) is 6.44. The first-order valence-corrected chi connectivity index (χ1v) is 8.90. The minimum Gasteiger partial charge on any atom is -0.481 e. The number of nitrogens with zero attached hydrogens (tertiary/aromatic N) is 3. The number of hydrogen-bond acceptors (Lipinski definition) is 5. The number of aliphatic imine (C=N–C) groups is 1. The van der Waals surface area contributed by atoms with Crippen molar-refractivity contribution in [2.75, 3.05) is 47.0 Å². The molecule has 26 heavy (non-hydrogen) atoms. The van der Waals surface area contributed by atoms with Crippen LogP contribution < -0.4 is 15.4 Å². The van der Waals surface area contributed by atoms with Gasteiger partial charge in [-0.15, -0.1) is 24.0 Å². The first-order valence-electron chi connectivity index (χ1n) is 8.90. The number of morpholine rings is 1. The maximum Gasteiger partial charge on any atom is 0.213 e. The lowest BCUT2D eigenvalue weighted by Crippen LogP contribution is -2.52. The van der Waals surface area contributed by atoms with Crippen molar-refractivity contribution in [3.63, 3.8) is 0 Å². The minimum atomic E-state index is 0. The van der Waals surface area contributed by atoms with Crippen molar-refractivity contribution in [3.8, 4) is 5.88 Å². The van der Waals surface area contributed by atoms with E-state index in [4.69, 9.17) is 9.47 Å². The molecule has 1 unspecified atom stereocenters. The maximum atomic E-state index is 5.47. The summed E-state index contributed by atoms with van der Waals surface area (Å²) in [5, 5.41) is 6.76. The van der Waals surface area contributed by atoms with Crippen molar-refractivity contribution in [2.45, 2.75) is 26.4 Å². The number of aromatic nitrogens is 1. The summed E-state index contributed by atoms with van der Waals surface area (Å²) < 4.78 is 10.6. The second kappa shape index (κ2) is 12.3. The van der Waals surface area contributed by atoms with E-state index in [1.54, 1.807) is 14.2 Å². The van der Waals surface area contributed by atoms with Crippen LogP contribution >= 0.6 is 24.0 Å². The molecule has 1 aliphatic rings. The number of rotatable bonds is 7. The fraction of sp³-hybridized carbons (Fsp3) is 0.667. The Labute approximate surface area is 174 Å². The van der Waals surface area contributed by atoms with Crippen molar-refractivity contribution >= 4 is 29.9 Å². The molecule has 2 heterocycles. The largest absolute Gasteiger partial charge is 0.481 e. The van der Waals surface area contributed by atoms with Gasteiger partial charge in [0.15, 0.2) is 5.96 Å². The first-order chi connectivity index (χ1) is 12.1. The third kappa shape index (κ3) is 7.24. The van der Waals surface area contributed by atoms with E-state index in [-0.39, 0.29) is 24.0 Å². The normalized spacial score (nSPS) is 16.7. The first kappa shape index (κ1) is 22.9. The van der Waals surface area contributed by atoms with Gasteiger partial charge in [0.05, 0.1) is 32.6 Å². The molecule has 1 fully saturated rings. The molecule has 0 spiro atoms. The predicted molar refractivity (Wildman–Crippen MR) is 115 cm³/mol. The van der Waals surface area contributed by atoms with E-state index < -0.39 is 0 Å². The molecular formula is C18H32IN5O2. The SMILES string of the molecule is CN=C(NCc1cccc(OC)n1)NCC(C(C)C)N1CCOCC1.I. The Balaban J connectivity index is 0.00000338. The average molecular weight is 477 g/mol. The Bertz CT molecular complexity index is 550. The molecule has 1 atom stereocenters. The summed E-state index contributed by atoms with van der Waals surface area (Å²) >= 11 is 0. The maximum absolute atomic E-state index is 5.47. The predicted octanol–water partition coefficient (Wildman–Crippen LogP) is 1.73. The number of guanidine groups is 1. The molecule has 0 aromatic carbocycles. The van der Waals surface area contributed by atoms with Gasteiger partial charge in [-0.25, -0.2) is 4.98 Å². The van der Waals surface area contributed by atoms with Crippen LogP contribution in [0.5, 0.6) is 5.88 Å². The lowest BCUT2D eigenvalue weighted by molar-refractivity contribution is 0.00752. The van der Waals surface area contributed by atoms with E-state index in [1.807, 2.05) is 18.2 Å². The van der Waals surface area contributed by atoms with Crippen molar-refractivity contribution in [3.05, 3.63) is 23.9 Å². The number of halogens is 1. The Morgan fingerprint density at radius 2 is 2.04 bits per heavy atom. The average Bonchev–Trinajstić information content (AvgIpc) is 2.65. The molecule has 1 aromatic heterocycles. The monoisotopic (exact) mass is 477 g/mol. The van der Waals surface area contributed by atoms with Crippen LogP contribution in [0.2, 0.25) is 0 Å². The van der Waals surface area contributed by atoms with Gasteiger partial charge in [-0.05, 0) is 12.0 Å². The van der Waals surface area contributed by atoms with E-state index in [0.29, 0.717) is 24.4 Å². The van der Waals surface area contributed by atoms with Crippen molar-refractivity contribution in [1.29, 1.82) is 0 Å². The molecule has 0 saturated carbocycles. The van der Waals surface area contributed by atoms with Crippen molar-refractivity contribution < 1.29 is 9.47 Å². The number of ether oxygens (including phenoxy) is 2. The Hall–Kier alpha value is -1.13. The fourth-order valence-electron chi connectivity index (χ4n) is 2.96. The summed E-state index contributed by atoms with van der Waals surface area (Å²) in [5.74, 6) is 1.96. The molecule has 1 saturated heterocycles. The van der Waals surface area contributed by atoms with E-state index in [1.165, 1.54) is 0 Å². The van der Waals surface area contributed by atoms with E-state index in [0.717, 1.165) is 44.5 Å². The van der Waals surface area contributed by atoms with Gasteiger partial charge in [-0.2, -0.15) is 0 Å². The highest BCUT2D eigenvalue weighted by molar-refractivity contribution is 14.0. The number of hydrogen-bond donors (Lipinski definition) is 2. The van der Waals surface area contributed by atoms with Gasteiger partial charge in [0.25, 0.3) is 0 Å². The highest BCUT2D eigenvalue weighted by Crippen LogP contribution is 2.12. The van der Waals surface area contributed by atoms with E-state index in [9.17, 15) is 0 Å². The molecule has 1 aromatic rings. The van der Waals surface area contributed by atoms with Gasteiger partial charge in [-0.1, -0.05) is 19.9 Å². The summed E-state index contributed by atoms with van der Waals surface area (Å²) in [6.07, 6.45) is 0. The van der Waals surface area contributed by atoms with Gasteiger partial charge in [0.2, 0.25) is 5.88 Å². The van der Waals surface area contributed by atoms with Gasteiger partial charge in [-0.3, -0.25) is 9.89 Å². The Morgan fingerprint density at radius 1 is 1.31 bits per heavy atom. The highest BCUT2D eigenvalue weighted by Gasteiger charge is 2.23. The standard InChI is InChI=1S/C18H31N5O2.HI/c1-14(2)16(23-8-10-25-11-9-23)13-21-18(19-3)20-12-15-6-5-7-17(22-15)24-4;/h5-7,14,16H,8-13H2,1-4H3,(H2,19,20,21);1H.